The van der Waals surface area contributed by atoms with Crippen LogP contribution in [0.3, 0.4) is 0 Å². The first kappa shape index (κ1) is 25.6. The molecule has 1 saturated heterocycles. The summed E-state index contributed by atoms with van der Waals surface area (Å²) in [4.78, 5) is 12.3. The zero-order valence-electron chi connectivity index (χ0n) is 18.9. The van der Waals surface area contributed by atoms with Gasteiger partial charge in [-0.05, 0) is 56.6 Å². The third-order valence-corrected chi connectivity index (χ3v) is 8.69. The number of anilines is 1. The van der Waals surface area contributed by atoms with Crippen LogP contribution in [0, 0.1) is 23.4 Å². The molecule has 35 heavy (non-hydrogen) atoms. The highest BCUT2D eigenvalue weighted by atomic mass is 32.2. The third kappa shape index (κ3) is 5.36. The molecule has 0 atom stereocenters. The molecule has 0 aromatic heterocycles. The van der Waals surface area contributed by atoms with Gasteiger partial charge < -0.3 is 10.4 Å². The lowest BCUT2D eigenvalue weighted by Gasteiger charge is -2.33. The van der Waals surface area contributed by atoms with E-state index in [-0.39, 0.29) is 40.7 Å². The molecule has 0 spiro atoms. The second-order valence-electron chi connectivity index (χ2n) is 9.15. The van der Waals surface area contributed by atoms with Crippen LogP contribution in [0.15, 0.2) is 35.2 Å². The second kappa shape index (κ2) is 9.87. The SMILES string of the molecule is O=C(Nc1cc(F)c(F)c(F)c1)c1ccc(CF)c(S(=O)(=O)N2CCCC(O)(C3CC3)CCC2)c1. The summed E-state index contributed by atoms with van der Waals surface area (Å²) in [5, 5.41) is 13.0. The van der Waals surface area contributed by atoms with E-state index < -0.39 is 45.7 Å². The van der Waals surface area contributed by atoms with Gasteiger partial charge in [-0.1, -0.05) is 6.07 Å². The average molecular weight is 515 g/mol. The number of aliphatic hydroxyl groups is 1. The van der Waals surface area contributed by atoms with Crippen molar-refractivity contribution in [3.8, 4) is 0 Å². The highest BCUT2D eigenvalue weighted by Gasteiger charge is 2.44. The Morgan fingerprint density at radius 2 is 1.66 bits per heavy atom. The number of benzene rings is 2. The molecule has 0 radical (unpaired) electrons. The minimum Gasteiger partial charge on any atom is -0.390 e. The van der Waals surface area contributed by atoms with Crippen molar-refractivity contribution >= 4 is 21.6 Å². The smallest absolute Gasteiger partial charge is 0.255 e. The normalized spacial score (nSPS) is 19.1. The van der Waals surface area contributed by atoms with Crippen molar-refractivity contribution in [2.24, 2.45) is 5.92 Å². The monoisotopic (exact) mass is 514 g/mol. The van der Waals surface area contributed by atoms with Crippen LogP contribution in [-0.2, 0) is 16.7 Å². The first-order valence-electron chi connectivity index (χ1n) is 11.4. The third-order valence-electron chi connectivity index (χ3n) is 6.70. The van der Waals surface area contributed by atoms with Gasteiger partial charge >= 0.3 is 0 Å². The van der Waals surface area contributed by atoms with Crippen LogP contribution >= 0.6 is 0 Å². The van der Waals surface area contributed by atoms with Crippen molar-refractivity contribution in [1.82, 2.24) is 4.31 Å². The Kier molecular flexibility index (Phi) is 7.21. The van der Waals surface area contributed by atoms with E-state index in [9.17, 15) is 35.9 Å². The number of sulfonamides is 1. The summed E-state index contributed by atoms with van der Waals surface area (Å²) in [6.45, 7) is -0.790. The van der Waals surface area contributed by atoms with Gasteiger partial charge in [-0.3, -0.25) is 4.79 Å². The minimum atomic E-state index is -4.17. The van der Waals surface area contributed by atoms with Gasteiger partial charge in [0.15, 0.2) is 17.5 Å². The predicted molar refractivity (Wildman–Crippen MR) is 120 cm³/mol. The summed E-state index contributed by atoms with van der Waals surface area (Å²) < 4.78 is 81.9. The molecule has 1 aliphatic heterocycles. The van der Waals surface area contributed by atoms with Crippen LogP contribution in [0.4, 0.5) is 23.2 Å². The van der Waals surface area contributed by atoms with Gasteiger partial charge in [-0.25, -0.2) is 26.0 Å². The Morgan fingerprint density at radius 3 is 2.20 bits per heavy atom. The molecule has 4 rings (SSSR count). The topological polar surface area (TPSA) is 86.7 Å². The molecule has 1 saturated carbocycles. The van der Waals surface area contributed by atoms with Gasteiger partial charge in [0, 0.05) is 42.0 Å². The molecule has 2 aromatic carbocycles. The molecule has 1 aliphatic carbocycles. The van der Waals surface area contributed by atoms with Gasteiger partial charge in [0.2, 0.25) is 10.0 Å². The molecular formula is C24H26F4N2O4S. The number of carbonyl (C=O) groups is 1. The summed E-state index contributed by atoms with van der Waals surface area (Å²) in [7, 11) is -4.17. The predicted octanol–water partition coefficient (Wildman–Crippen LogP) is 4.53. The summed E-state index contributed by atoms with van der Waals surface area (Å²) in [6, 6.07) is 4.57. The molecule has 6 nitrogen and oxygen atoms in total. The first-order chi connectivity index (χ1) is 16.5. The number of nitrogens with zero attached hydrogens (tertiary/aromatic N) is 1. The van der Waals surface area contributed by atoms with Crippen LogP contribution < -0.4 is 5.32 Å². The van der Waals surface area contributed by atoms with Crippen molar-refractivity contribution < 1.29 is 35.9 Å². The van der Waals surface area contributed by atoms with Crippen molar-refractivity contribution in [3.63, 3.8) is 0 Å². The molecule has 2 fully saturated rings. The number of halogens is 4. The number of carbonyl (C=O) groups excluding carboxylic acids is 1. The molecule has 1 heterocycles. The lowest BCUT2D eigenvalue weighted by Crippen LogP contribution is -2.40. The van der Waals surface area contributed by atoms with Crippen LogP contribution in [0.25, 0.3) is 0 Å². The van der Waals surface area contributed by atoms with Crippen LogP contribution in [0.1, 0.15) is 54.4 Å². The zero-order valence-corrected chi connectivity index (χ0v) is 19.7. The fraction of sp³-hybridized carbons (Fsp3) is 0.458. The molecule has 2 aliphatic rings. The number of alkyl halides is 1. The zero-order chi connectivity index (χ0) is 25.4. The van der Waals surface area contributed by atoms with Gasteiger partial charge in [-0.2, -0.15) is 4.31 Å². The maximum atomic E-state index is 13.7. The van der Waals surface area contributed by atoms with Crippen LogP contribution in [0.2, 0.25) is 0 Å². The Morgan fingerprint density at radius 1 is 1.06 bits per heavy atom. The van der Waals surface area contributed by atoms with E-state index in [1.165, 1.54) is 16.4 Å². The number of hydrogen-bond donors (Lipinski definition) is 2. The van der Waals surface area contributed by atoms with Crippen molar-refractivity contribution in [3.05, 3.63) is 58.9 Å². The molecule has 1 amide bonds. The number of hydrogen-bond acceptors (Lipinski definition) is 4. The number of amides is 1. The fourth-order valence-electron chi connectivity index (χ4n) is 4.65. The molecule has 190 valence electrons. The van der Waals surface area contributed by atoms with Gasteiger partial charge in [0.25, 0.3) is 5.91 Å². The maximum absolute atomic E-state index is 13.7. The molecular weight excluding hydrogens is 488 g/mol. The fourth-order valence-corrected chi connectivity index (χ4v) is 6.39. The minimum absolute atomic E-state index is 0.128. The summed E-state index contributed by atoms with van der Waals surface area (Å²) in [5.74, 6) is -5.32. The van der Waals surface area contributed by atoms with E-state index in [0.717, 1.165) is 18.9 Å². The van der Waals surface area contributed by atoms with Gasteiger partial charge in [0.05, 0.1) is 10.5 Å². The Bertz CT molecular complexity index is 1200. The van der Waals surface area contributed by atoms with Crippen LogP contribution in [0.5, 0.6) is 0 Å². The molecule has 2 N–H and O–H groups in total. The van der Waals surface area contributed by atoms with Crippen molar-refractivity contribution in [2.75, 3.05) is 18.4 Å². The molecule has 2 aromatic rings. The average Bonchev–Trinajstić information content (AvgIpc) is 3.65. The standard InChI is InChI=1S/C24H26F4N2O4S/c25-14-16-4-3-15(23(31)29-18-12-19(26)22(28)20(27)13-18)11-21(16)35(33,34)30-9-1-7-24(32,8-2-10-30)17-5-6-17/h3-4,11-13,17,32H,1-2,5-10,14H2,(H,29,31). The number of nitrogens with one attached hydrogen (secondary N) is 1. The highest BCUT2D eigenvalue weighted by molar-refractivity contribution is 7.89. The van der Waals surface area contributed by atoms with Gasteiger partial charge in [-0.15, -0.1) is 0 Å². The number of rotatable bonds is 6. The summed E-state index contributed by atoms with van der Waals surface area (Å²) in [5.41, 5.74) is -1.44. The quantitative estimate of drug-likeness (QED) is 0.438. The first-order valence-corrected chi connectivity index (χ1v) is 12.9. The lowest BCUT2D eigenvalue weighted by molar-refractivity contribution is -0.00950. The van der Waals surface area contributed by atoms with Crippen LogP contribution in [-0.4, -0.2) is 42.4 Å². The molecule has 0 unspecified atom stereocenters. The molecule has 0 bridgehead atoms. The highest BCUT2D eigenvalue weighted by Crippen LogP contribution is 2.45. The van der Waals surface area contributed by atoms with Crippen molar-refractivity contribution in [1.29, 1.82) is 0 Å². The largest absolute Gasteiger partial charge is 0.390 e. The van der Waals surface area contributed by atoms with E-state index in [1.54, 1.807) is 0 Å². The van der Waals surface area contributed by atoms with E-state index in [4.69, 9.17) is 0 Å². The van der Waals surface area contributed by atoms with E-state index in [1.807, 2.05) is 0 Å². The maximum Gasteiger partial charge on any atom is 0.255 e. The summed E-state index contributed by atoms with van der Waals surface area (Å²) in [6.07, 6.45) is 3.80. The lowest BCUT2D eigenvalue weighted by atomic mass is 9.86. The summed E-state index contributed by atoms with van der Waals surface area (Å²) >= 11 is 0. The van der Waals surface area contributed by atoms with Gasteiger partial charge in [0.1, 0.15) is 6.67 Å². The Labute approximate surface area is 201 Å². The molecule has 11 heteroatoms. The second-order valence-corrected chi connectivity index (χ2v) is 11.1. The van der Waals surface area contributed by atoms with Crippen molar-refractivity contribution in [2.45, 2.75) is 55.7 Å². The van der Waals surface area contributed by atoms with E-state index in [0.29, 0.717) is 37.8 Å². The Balaban J connectivity index is 1.56. The van der Waals surface area contributed by atoms with E-state index >= 15 is 0 Å². The van der Waals surface area contributed by atoms with E-state index in [2.05, 4.69) is 5.32 Å². The Hall–Kier alpha value is -2.50.